The van der Waals surface area contributed by atoms with Crippen molar-refractivity contribution >= 4 is 27.4 Å². The second-order valence-electron chi connectivity index (χ2n) is 2.74. The number of esters is 1. The van der Waals surface area contributed by atoms with Crippen molar-refractivity contribution in [3.63, 3.8) is 0 Å². The highest BCUT2D eigenvalue weighted by molar-refractivity contribution is 7.18. The van der Waals surface area contributed by atoms with Crippen molar-refractivity contribution in [1.29, 1.82) is 0 Å². The molecule has 1 N–H and O–H groups in total. The lowest BCUT2D eigenvalue weighted by Crippen LogP contribution is -2.11. The normalized spacial score (nSPS) is 9.81. The molecule has 0 bridgehead atoms. The molecule has 1 aromatic heterocycles. The zero-order chi connectivity index (χ0) is 12.0. The summed E-state index contributed by atoms with van der Waals surface area (Å²) in [5, 5.41) is 13.6. The van der Waals surface area contributed by atoms with Crippen LogP contribution in [0.4, 0.5) is 10.1 Å². The molecule has 0 aromatic carbocycles. The van der Waals surface area contributed by atoms with Gasteiger partial charge in [-0.05, 0) is 18.3 Å². The molecule has 0 aliphatic carbocycles. The molecule has 16 heavy (non-hydrogen) atoms. The van der Waals surface area contributed by atoms with Crippen LogP contribution in [0, 0.1) is 10.1 Å². The Morgan fingerprint density at radius 2 is 2.50 bits per heavy atom. The first-order chi connectivity index (χ1) is 7.63. The number of carbonyl (C=O) groups is 1. The largest absolute Gasteiger partial charge is 0.466 e. The molecule has 0 radical (unpaired) electrons. The molecule has 0 spiro atoms. The average Bonchev–Trinajstić information content (AvgIpc) is 2.67. The molecule has 0 aliphatic rings. The maximum Gasteiger partial charge on any atom is 0.345 e. The minimum Gasteiger partial charge on any atom is -0.466 e. The molecule has 7 nitrogen and oxygen atoms in total. The molecular formula is C8H11N3O4S. The van der Waals surface area contributed by atoms with Crippen molar-refractivity contribution in [2.75, 3.05) is 18.5 Å². The average molecular weight is 245 g/mol. The molecule has 0 amide bonds. The fraction of sp³-hybridized carbons (Fsp3) is 0.500. The van der Waals surface area contributed by atoms with Gasteiger partial charge in [-0.25, -0.2) is 4.98 Å². The number of rotatable bonds is 6. The van der Waals surface area contributed by atoms with Gasteiger partial charge in [0.05, 0.1) is 18.0 Å². The lowest BCUT2D eigenvalue weighted by atomic mass is 10.4. The first kappa shape index (κ1) is 12.4. The standard InChI is InChI=1S/C8H11N3O4S/c1-2-15-7(12)3-4-9-8-10-5-6(16-8)11(13)14/h5H,2-4H2,1H3,(H,9,10). The molecule has 1 rings (SSSR count). The van der Waals surface area contributed by atoms with Gasteiger partial charge in [-0.1, -0.05) is 0 Å². The van der Waals surface area contributed by atoms with Crippen molar-refractivity contribution in [3.05, 3.63) is 16.3 Å². The Hall–Kier alpha value is -1.70. The zero-order valence-corrected chi connectivity index (χ0v) is 9.45. The number of aromatic nitrogens is 1. The summed E-state index contributed by atoms with van der Waals surface area (Å²) in [5.41, 5.74) is 0. The topological polar surface area (TPSA) is 94.4 Å². The maximum atomic E-state index is 11.0. The number of ether oxygens (including phenoxy) is 1. The van der Waals surface area contributed by atoms with Gasteiger partial charge in [0, 0.05) is 6.54 Å². The lowest BCUT2D eigenvalue weighted by Gasteiger charge is -2.01. The number of nitrogens with one attached hydrogen (secondary N) is 1. The highest BCUT2D eigenvalue weighted by Gasteiger charge is 2.11. The predicted molar refractivity (Wildman–Crippen MR) is 58.5 cm³/mol. The van der Waals surface area contributed by atoms with E-state index in [1.807, 2.05) is 0 Å². The van der Waals surface area contributed by atoms with Crippen LogP contribution in [0.2, 0.25) is 0 Å². The van der Waals surface area contributed by atoms with E-state index in [0.717, 1.165) is 11.3 Å². The van der Waals surface area contributed by atoms with Gasteiger partial charge >= 0.3 is 11.0 Å². The molecule has 0 unspecified atom stereocenters. The van der Waals surface area contributed by atoms with Crippen LogP contribution in [0.3, 0.4) is 0 Å². The molecule has 0 saturated carbocycles. The number of hydrogen-bond donors (Lipinski definition) is 1. The Morgan fingerprint density at radius 1 is 1.75 bits per heavy atom. The Kier molecular flexibility index (Phi) is 4.65. The van der Waals surface area contributed by atoms with E-state index in [9.17, 15) is 14.9 Å². The molecule has 0 saturated heterocycles. The molecular weight excluding hydrogens is 234 g/mol. The van der Waals surface area contributed by atoms with Crippen LogP contribution in [0.15, 0.2) is 6.20 Å². The van der Waals surface area contributed by atoms with Gasteiger partial charge < -0.3 is 10.1 Å². The fourth-order valence-corrected chi connectivity index (χ4v) is 1.59. The number of thiazole rings is 1. The van der Waals surface area contributed by atoms with E-state index in [4.69, 9.17) is 4.74 Å². The summed E-state index contributed by atoms with van der Waals surface area (Å²) in [4.78, 5) is 24.6. The van der Waals surface area contributed by atoms with Crippen LogP contribution in [0.25, 0.3) is 0 Å². The van der Waals surface area contributed by atoms with Gasteiger partial charge in [-0.2, -0.15) is 0 Å². The van der Waals surface area contributed by atoms with Crippen LogP contribution in [-0.2, 0) is 9.53 Å². The van der Waals surface area contributed by atoms with Gasteiger partial charge in [0.2, 0.25) is 0 Å². The molecule has 1 heterocycles. The van der Waals surface area contributed by atoms with Gasteiger partial charge in [0.15, 0.2) is 5.13 Å². The third kappa shape index (κ3) is 3.81. The summed E-state index contributed by atoms with van der Waals surface area (Å²) in [6.45, 7) is 2.43. The molecule has 1 aromatic rings. The van der Waals surface area contributed by atoms with E-state index in [-0.39, 0.29) is 17.4 Å². The number of nitrogens with zero attached hydrogens (tertiary/aromatic N) is 2. The second kappa shape index (κ2) is 6.01. The molecule has 0 aliphatic heterocycles. The summed E-state index contributed by atoms with van der Waals surface area (Å²) < 4.78 is 4.72. The fourth-order valence-electron chi connectivity index (χ4n) is 0.936. The summed E-state index contributed by atoms with van der Waals surface area (Å²) >= 11 is 0.933. The third-order valence-electron chi connectivity index (χ3n) is 1.58. The quantitative estimate of drug-likeness (QED) is 0.462. The van der Waals surface area contributed by atoms with Crippen LogP contribution in [-0.4, -0.2) is 29.0 Å². The number of hydrogen-bond acceptors (Lipinski definition) is 7. The van der Waals surface area contributed by atoms with Crippen LogP contribution in [0.5, 0.6) is 0 Å². The number of nitro groups is 1. The van der Waals surface area contributed by atoms with E-state index in [2.05, 4.69) is 10.3 Å². The molecule has 8 heteroatoms. The third-order valence-corrected chi connectivity index (χ3v) is 2.49. The van der Waals surface area contributed by atoms with E-state index >= 15 is 0 Å². The van der Waals surface area contributed by atoms with Crippen molar-refractivity contribution in [2.45, 2.75) is 13.3 Å². The van der Waals surface area contributed by atoms with Gasteiger partial charge in [-0.3, -0.25) is 14.9 Å². The van der Waals surface area contributed by atoms with E-state index in [1.165, 1.54) is 6.20 Å². The highest BCUT2D eigenvalue weighted by Crippen LogP contribution is 2.24. The van der Waals surface area contributed by atoms with Crippen LogP contribution >= 0.6 is 11.3 Å². The monoisotopic (exact) mass is 245 g/mol. The second-order valence-corrected chi connectivity index (χ2v) is 3.75. The predicted octanol–water partition coefficient (Wildman–Crippen LogP) is 1.42. The summed E-state index contributed by atoms with van der Waals surface area (Å²) in [5.74, 6) is -0.305. The van der Waals surface area contributed by atoms with Crippen molar-refractivity contribution in [1.82, 2.24) is 4.98 Å². The number of anilines is 1. The first-order valence-corrected chi connectivity index (χ1v) is 5.45. The number of carbonyl (C=O) groups excluding carboxylic acids is 1. The lowest BCUT2D eigenvalue weighted by molar-refractivity contribution is -0.380. The summed E-state index contributed by atoms with van der Waals surface area (Å²) in [6.07, 6.45) is 1.39. The van der Waals surface area contributed by atoms with E-state index in [0.29, 0.717) is 18.3 Å². The molecule has 0 fully saturated rings. The Labute approximate surface area is 95.6 Å². The minimum absolute atomic E-state index is 0.0290. The van der Waals surface area contributed by atoms with E-state index < -0.39 is 4.92 Å². The van der Waals surface area contributed by atoms with Crippen LogP contribution < -0.4 is 5.32 Å². The molecule has 0 atom stereocenters. The van der Waals surface area contributed by atoms with Crippen molar-refractivity contribution < 1.29 is 14.5 Å². The first-order valence-electron chi connectivity index (χ1n) is 4.63. The summed E-state index contributed by atoms with van der Waals surface area (Å²) in [6, 6.07) is 0. The van der Waals surface area contributed by atoms with Crippen LogP contribution in [0.1, 0.15) is 13.3 Å². The maximum absolute atomic E-state index is 11.0. The Bertz CT molecular complexity index is 379. The highest BCUT2D eigenvalue weighted by atomic mass is 32.1. The van der Waals surface area contributed by atoms with Gasteiger partial charge in [0.25, 0.3) is 0 Å². The van der Waals surface area contributed by atoms with Crippen molar-refractivity contribution in [2.24, 2.45) is 0 Å². The zero-order valence-electron chi connectivity index (χ0n) is 8.63. The summed E-state index contributed by atoms with van der Waals surface area (Å²) in [7, 11) is 0. The smallest absolute Gasteiger partial charge is 0.345 e. The minimum atomic E-state index is -0.506. The van der Waals surface area contributed by atoms with Crippen molar-refractivity contribution in [3.8, 4) is 0 Å². The molecule has 88 valence electrons. The Balaban J connectivity index is 2.32. The van der Waals surface area contributed by atoms with E-state index in [1.54, 1.807) is 6.92 Å². The SMILES string of the molecule is CCOC(=O)CCNc1ncc([N+](=O)[O-])s1. The Morgan fingerprint density at radius 3 is 3.06 bits per heavy atom. The van der Waals surface area contributed by atoms with Gasteiger partial charge in [0.1, 0.15) is 6.20 Å². The van der Waals surface area contributed by atoms with Gasteiger partial charge in [-0.15, -0.1) is 0 Å².